The standard InChI is InChI=1S/C12H16ClF2N3/c1-18(7-11(14)15)12-10(13)4-8(6-17-12)5-16-9-2-3-9/h4,6,9,11,16H,2-3,5,7H2,1H3. The minimum Gasteiger partial charge on any atom is -0.353 e. The molecule has 1 fully saturated rings. The molecule has 0 aromatic carbocycles. The van der Waals surface area contributed by atoms with Crippen molar-refractivity contribution < 1.29 is 8.78 Å². The first-order chi connectivity index (χ1) is 8.56. The van der Waals surface area contributed by atoms with E-state index in [1.54, 1.807) is 19.3 Å². The number of anilines is 1. The summed E-state index contributed by atoms with van der Waals surface area (Å²) in [6.07, 6.45) is 1.72. The van der Waals surface area contributed by atoms with Crippen LogP contribution < -0.4 is 10.2 Å². The van der Waals surface area contributed by atoms with Crippen molar-refractivity contribution in [3.05, 3.63) is 22.8 Å². The Hall–Kier alpha value is -0.940. The lowest BCUT2D eigenvalue weighted by atomic mass is 10.2. The summed E-state index contributed by atoms with van der Waals surface area (Å²) in [6, 6.07) is 2.39. The van der Waals surface area contributed by atoms with Crippen LogP contribution in [0.5, 0.6) is 0 Å². The Morgan fingerprint density at radius 2 is 2.28 bits per heavy atom. The van der Waals surface area contributed by atoms with Gasteiger partial charge in [-0.3, -0.25) is 0 Å². The second kappa shape index (κ2) is 5.80. The number of hydrogen-bond donors (Lipinski definition) is 1. The monoisotopic (exact) mass is 275 g/mol. The molecule has 1 aromatic heterocycles. The maximum absolute atomic E-state index is 12.3. The van der Waals surface area contributed by atoms with Crippen molar-refractivity contribution >= 4 is 17.4 Å². The molecule has 1 aromatic rings. The smallest absolute Gasteiger partial charge is 0.255 e. The lowest BCUT2D eigenvalue weighted by molar-refractivity contribution is 0.156. The van der Waals surface area contributed by atoms with Crippen molar-refractivity contribution in [2.45, 2.75) is 31.9 Å². The Morgan fingerprint density at radius 1 is 1.56 bits per heavy atom. The molecule has 100 valence electrons. The molecule has 18 heavy (non-hydrogen) atoms. The highest BCUT2D eigenvalue weighted by Crippen LogP contribution is 2.24. The molecule has 2 rings (SSSR count). The van der Waals surface area contributed by atoms with Crippen LogP contribution in [0.3, 0.4) is 0 Å². The van der Waals surface area contributed by atoms with Gasteiger partial charge in [-0.15, -0.1) is 0 Å². The number of halogens is 3. The minimum absolute atomic E-state index is 0.369. The third-order valence-corrected chi connectivity index (χ3v) is 3.10. The maximum atomic E-state index is 12.3. The van der Waals surface area contributed by atoms with E-state index in [2.05, 4.69) is 10.3 Å². The first-order valence-electron chi connectivity index (χ1n) is 5.93. The van der Waals surface area contributed by atoms with Gasteiger partial charge in [0.15, 0.2) is 0 Å². The molecule has 1 heterocycles. The molecular formula is C12H16ClF2N3. The van der Waals surface area contributed by atoms with Gasteiger partial charge in [-0.05, 0) is 24.5 Å². The van der Waals surface area contributed by atoms with Crippen LogP contribution in [-0.2, 0) is 6.54 Å². The topological polar surface area (TPSA) is 28.2 Å². The summed E-state index contributed by atoms with van der Waals surface area (Å²) in [5.74, 6) is 0.395. The average molecular weight is 276 g/mol. The molecule has 3 nitrogen and oxygen atoms in total. The molecule has 0 saturated heterocycles. The van der Waals surface area contributed by atoms with Crippen molar-refractivity contribution in [3.8, 4) is 0 Å². The molecule has 1 saturated carbocycles. The molecule has 0 bridgehead atoms. The molecule has 0 unspecified atom stereocenters. The lowest BCUT2D eigenvalue weighted by Crippen LogP contribution is -2.25. The summed E-state index contributed by atoms with van der Waals surface area (Å²) in [7, 11) is 1.56. The van der Waals surface area contributed by atoms with E-state index in [9.17, 15) is 8.78 Å². The molecular weight excluding hydrogens is 260 g/mol. The molecule has 0 amide bonds. The Labute approximate surface area is 110 Å². The highest BCUT2D eigenvalue weighted by molar-refractivity contribution is 6.33. The Bertz CT molecular complexity index is 410. The molecule has 0 aliphatic heterocycles. The van der Waals surface area contributed by atoms with Crippen molar-refractivity contribution in [3.63, 3.8) is 0 Å². The van der Waals surface area contributed by atoms with E-state index in [1.165, 1.54) is 17.7 Å². The van der Waals surface area contributed by atoms with Gasteiger partial charge in [0.2, 0.25) is 0 Å². The second-order valence-corrected chi connectivity index (χ2v) is 4.98. The normalized spacial score (nSPS) is 15.2. The summed E-state index contributed by atoms with van der Waals surface area (Å²) in [4.78, 5) is 5.52. The number of nitrogens with one attached hydrogen (secondary N) is 1. The lowest BCUT2D eigenvalue weighted by Gasteiger charge is -2.19. The predicted molar refractivity (Wildman–Crippen MR) is 68.4 cm³/mol. The van der Waals surface area contributed by atoms with Crippen LogP contribution in [0.2, 0.25) is 5.02 Å². The van der Waals surface area contributed by atoms with Gasteiger partial charge in [0.05, 0.1) is 11.6 Å². The van der Waals surface area contributed by atoms with Crippen LogP contribution in [0.1, 0.15) is 18.4 Å². The summed E-state index contributed by atoms with van der Waals surface area (Å²) in [5.41, 5.74) is 0.973. The summed E-state index contributed by atoms with van der Waals surface area (Å²) in [5, 5.41) is 3.76. The summed E-state index contributed by atoms with van der Waals surface area (Å²) >= 11 is 6.06. The fraction of sp³-hybridized carbons (Fsp3) is 0.583. The van der Waals surface area contributed by atoms with Gasteiger partial charge in [-0.2, -0.15) is 0 Å². The van der Waals surface area contributed by atoms with Crippen LogP contribution in [0.4, 0.5) is 14.6 Å². The average Bonchev–Trinajstić information content (AvgIpc) is 3.09. The molecule has 6 heteroatoms. The highest BCUT2D eigenvalue weighted by atomic mass is 35.5. The first-order valence-corrected chi connectivity index (χ1v) is 6.31. The number of hydrogen-bond acceptors (Lipinski definition) is 3. The van der Waals surface area contributed by atoms with Crippen LogP contribution in [0.25, 0.3) is 0 Å². The van der Waals surface area contributed by atoms with Crippen LogP contribution in [0.15, 0.2) is 12.3 Å². The van der Waals surface area contributed by atoms with E-state index in [0.29, 0.717) is 16.9 Å². The fourth-order valence-electron chi connectivity index (χ4n) is 1.69. The molecule has 0 spiro atoms. The van der Waals surface area contributed by atoms with E-state index >= 15 is 0 Å². The summed E-state index contributed by atoms with van der Waals surface area (Å²) in [6.45, 7) is 0.350. The van der Waals surface area contributed by atoms with Gasteiger partial charge in [0.25, 0.3) is 6.43 Å². The quantitative estimate of drug-likeness (QED) is 0.865. The van der Waals surface area contributed by atoms with Crippen LogP contribution in [-0.4, -0.2) is 31.0 Å². The van der Waals surface area contributed by atoms with Gasteiger partial charge >= 0.3 is 0 Å². The van der Waals surface area contributed by atoms with E-state index in [0.717, 1.165) is 12.1 Å². The zero-order valence-electron chi connectivity index (χ0n) is 10.2. The number of rotatable bonds is 6. The van der Waals surface area contributed by atoms with Crippen molar-refractivity contribution in [1.82, 2.24) is 10.3 Å². The SMILES string of the molecule is CN(CC(F)F)c1ncc(CNC2CC2)cc1Cl. The first kappa shape index (κ1) is 13.5. The number of aromatic nitrogens is 1. The second-order valence-electron chi connectivity index (χ2n) is 4.58. The Kier molecular flexibility index (Phi) is 4.35. The third-order valence-electron chi connectivity index (χ3n) is 2.82. The number of nitrogens with zero attached hydrogens (tertiary/aromatic N) is 2. The van der Waals surface area contributed by atoms with E-state index in [4.69, 9.17) is 11.6 Å². The van der Waals surface area contributed by atoms with Gasteiger partial charge in [-0.1, -0.05) is 11.6 Å². The third kappa shape index (κ3) is 3.78. The Balaban J connectivity index is 1.99. The van der Waals surface area contributed by atoms with Crippen LogP contribution >= 0.6 is 11.6 Å². The largest absolute Gasteiger partial charge is 0.353 e. The van der Waals surface area contributed by atoms with Gasteiger partial charge in [-0.25, -0.2) is 13.8 Å². The van der Waals surface area contributed by atoms with E-state index in [1.807, 2.05) is 0 Å². The van der Waals surface area contributed by atoms with E-state index < -0.39 is 6.43 Å². The number of alkyl halides is 2. The van der Waals surface area contributed by atoms with Gasteiger partial charge < -0.3 is 10.2 Å². The zero-order chi connectivity index (χ0) is 13.1. The maximum Gasteiger partial charge on any atom is 0.255 e. The van der Waals surface area contributed by atoms with E-state index in [-0.39, 0.29) is 6.54 Å². The highest BCUT2D eigenvalue weighted by Gasteiger charge is 2.20. The van der Waals surface area contributed by atoms with Gasteiger partial charge in [0.1, 0.15) is 5.82 Å². The zero-order valence-corrected chi connectivity index (χ0v) is 10.9. The Morgan fingerprint density at radius 3 is 2.83 bits per heavy atom. The predicted octanol–water partition coefficient (Wildman–Crippen LogP) is 2.69. The molecule has 1 aliphatic carbocycles. The molecule has 0 atom stereocenters. The van der Waals surface area contributed by atoms with Crippen molar-refractivity contribution in [2.75, 3.05) is 18.5 Å². The van der Waals surface area contributed by atoms with Gasteiger partial charge in [0, 0.05) is 25.8 Å². The van der Waals surface area contributed by atoms with Crippen LogP contribution in [0, 0.1) is 0 Å². The van der Waals surface area contributed by atoms with Crippen molar-refractivity contribution in [1.29, 1.82) is 0 Å². The molecule has 1 N–H and O–H groups in total. The summed E-state index contributed by atoms with van der Waals surface area (Å²) < 4.78 is 24.6. The minimum atomic E-state index is -2.40. The molecule has 1 aliphatic rings. The fourth-order valence-corrected chi connectivity index (χ4v) is 2.02. The molecule has 0 radical (unpaired) electrons. The van der Waals surface area contributed by atoms with Crippen molar-refractivity contribution in [2.24, 2.45) is 0 Å². The number of pyridine rings is 1.